The molecule has 8 nitrogen and oxygen atoms in total. The minimum atomic E-state index is -0.579. The number of carbonyl (C=O) groups excluding carboxylic acids is 3. The van der Waals surface area contributed by atoms with E-state index in [9.17, 15) is 14.4 Å². The molecular formula is C27H39N3O5. The molecule has 8 heteroatoms. The Morgan fingerprint density at radius 3 is 2.31 bits per heavy atom. The lowest BCUT2D eigenvalue weighted by atomic mass is 9.95. The summed E-state index contributed by atoms with van der Waals surface area (Å²) in [5.41, 5.74) is 2.71. The second-order valence-corrected chi connectivity index (χ2v) is 9.88. The van der Waals surface area contributed by atoms with E-state index in [1.54, 1.807) is 4.90 Å². The van der Waals surface area contributed by atoms with Crippen LogP contribution in [0, 0.1) is 5.92 Å². The smallest absolute Gasteiger partial charge is 0.255 e. The predicted molar refractivity (Wildman–Crippen MR) is 133 cm³/mol. The number of fused-ring (bicyclic) bond motifs is 1. The van der Waals surface area contributed by atoms with E-state index in [-0.39, 0.29) is 30.4 Å². The summed E-state index contributed by atoms with van der Waals surface area (Å²) in [4.78, 5) is 40.7. The fraction of sp³-hybridized carbons (Fsp3) is 0.667. The maximum absolute atomic E-state index is 13.0. The van der Waals surface area contributed by atoms with Gasteiger partial charge in [0.05, 0.1) is 0 Å². The molecule has 1 aromatic carbocycles. The number of amides is 3. The van der Waals surface area contributed by atoms with Crippen molar-refractivity contribution in [2.75, 3.05) is 31.2 Å². The molecule has 192 valence electrons. The van der Waals surface area contributed by atoms with Gasteiger partial charge >= 0.3 is 0 Å². The molecule has 0 saturated carbocycles. The van der Waals surface area contributed by atoms with Gasteiger partial charge < -0.3 is 19.3 Å². The molecule has 0 spiro atoms. The summed E-state index contributed by atoms with van der Waals surface area (Å²) >= 11 is 0. The lowest BCUT2D eigenvalue weighted by Crippen LogP contribution is -2.52. The molecule has 2 fully saturated rings. The fourth-order valence-electron chi connectivity index (χ4n) is 5.20. The highest BCUT2D eigenvalue weighted by molar-refractivity contribution is 6.05. The number of piperidine rings is 2. The van der Waals surface area contributed by atoms with E-state index in [1.807, 2.05) is 12.1 Å². The molecule has 3 heterocycles. The minimum Gasteiger partial charge on any atom is -0.372 e. The summed E-state index contributed by atoms with van der Waals surface area (Å²) in [5.74, 6) is -0.383. The van der Waals surface area contributed by atoms with Crippen LogP contribution in [0.4, 0.5) is 5.69 Å². The van der Waals surface area contributed by atoms with Gasteiger partial charge in [-0.05, 0) is 55.9 Å². The number of benzene rings is 1. The molecule has 4 rings (SSSR count). The molecule has 0 radical (unpaired) electrons. The zero-order valence-corrected chi connectivity index (χ0v) is 21.1. The highest BCUT2D eigenvalue weighted by Crippen LogP contribution is 2.33. The quantitative estimate of drug-likeness (QED) is 0.293. The first-order valence-electron chi connectivity index (χ1n) is 13.3. The number of hydrogen-bond donors (Lipinski definition) is 1. The molecule has 1 atom stereocenters. The molecule has 3 aliphatic heterocycles. The van der Waals surface area contributed by atoms with E-state index < -0.39 is 6.04 Å². The average molecular weight is 486 g/mol. The second-order valence-electron chi connectivity index (χ2n) is 9.88. The van der Waals surface area contributed by atoms with Crippen LogP contribution in [0.25, 0.3) is 0 Å². The normalized spacial score (nSPS) is 21.1. The van der Waals surface area contributed by atoms with Crippen LogP contribution >= 0.6 is 0 Å². The van der Waals surface area contributed by atoms with Crippen LogP contribution in [-0.2, 0) is 25.6 Å². The van der Waals surface area contributed by atoms with Crippen LogP contribution in [0.3, 0.4) is 0 Å². The summed E-state index contributed by atoms with van der Waals surface area (Å²) in [5, 5.41) is 2.36. The van der Waals surface area contributed by atoms with Crippen LogP contribution in [0.5, 0.6) is 0 Å². The predicted octanol–water partition coefficient (Wildman–Crippen LogP) is 3.62. The van der Waals surface area contributed by atoms with Crippen molar-refractivity contribution >= 4 is 23.4 Å². The molecule has 1 aromatic rings. The number of carbonyl (C=O) groups is 3. The van der Waals surface area contributed by atoms with Crippen LogP contribution in [0.1, 0.15) is 81.1 Å². The van der Waals surface area contributed by atoms with E-state index >= 15 is 0 Å². The monoisotopic (exact) mass is 485 g/mol. The first kappa shape index (κ1) is 25.6. The third-order valence-corrected chi connectivity index (χ3v) is 7.36. The van der Waals surface area contributed by atoms with Gasteiger partial charge in [0.2, 0.25) is 11.8 Å². The van der Waals surface area contributed by atoms with Crippen molar-refractivity contribution in [1.82, 2.24) is 10.2 Å². The van der Waals surface area contributed by atoms with E-state index in [0.717, 1.165) is 76.1 Å². The number of ether oxygens (including phenoxy) is 2. The zero-order chi connectivity index (χ0) is 24.8. The molecule has 0 unspecified atom stereocenters. The van der Waals surface area contributed by atoms with Crippen molar-refractivity contribution in [3.8, 4) is 0 Å². The Kier molecular flexibility index (Phi) is 8.78. The number of unbranched alkanes of at least 4 members (excludes halogenated alkanes) is 2. The van der Waals surface area contributed by atoms with Gasteiger partial charge in [0.25, 0.3) is 5.91 Å². The Bertz CT molecular complexity index is 902. The third-order valence-electron chi connectivity index (χ3n) is 7.36. The molecule has 0 aliphatic carbocycles. The van der Waals surface area contributed by atoms with Crippen molar-refractivity contribution < 1.29 is 23.9 Å². The van der Waals surface area contributed by atoms with Crippen LogP contribution < -0.4 is 10.2 Å². The molecule has 2 saturated heterocycles. The lowest BCUT2D eigenvalue weighted by Gasteiger charge is -2.37. The highest BCUT2D eigenvalue weighted by atomic mass is 16.7. The Morgan fingerprint density at radius 1 is 1.00 bits per heavy atom. The summed E-state index contributed by atoms with van der Waals surface area (Å²) in [6.45, 7) is 8.07. The van der Waals surface area contributed by atoms with Crippen molar-refractivity contribution in [1.29, 1.82) is 0 Å². The molecule has 3 amide bonds. The van der Waals surface area contributed by atoms with Crippen LogP contribution in [0.2, 0.25) is 0 Å². The third kappa shape index (κ3) is 6.04. The number of hydrogen-bond acceptors (Lipinski definition) is 6. The van der Waals surface area contributed by atoms with E-state index in [1.165, 1.54) is 0 Å². The zero-order valence-electron chi connectivity index (χ0n) is 21.1. The SMILES string of the molecule is CCCCOC(OCCCC)C1CCN(c2ccc3c(c2)CN([C@@H]2CCC(=O)NC2=O)C3=O)CC1. The first-order valence-corrected chi connectivity index (χ1v) is 13.3. The van der Waals surface area contributed by atoms with Crippen molar-refractivity contribution in [3.63, 3.8) is 0 Å². The number of rotatable bonds is 11. The molecular weight excluding hydrogens is 446 g/mol. The van der Waals surface area contributed by atoms with Gasteiger partial charge in [-0.25, -0.2) is 0 Å². The lowest BCUT2D eigenvalue weighted by molar-refractivity contribution is -0.177. The topological polar surface area (TPSA) is 88.2 Å². The summed E-state index contributed by atoms with van der Waals surface area (Å²) in [7, 11) is 0. The summed E-state index contributed by atoms with van der Waals surface area (Å²) in [6.07, 6.45) is 6.85. The maximum atomic E-state index is 13.0. The van der Waals surface area contributed by atoms with Gasteiger partial charge in [0, 0.05) is 56.4 Å². The summed E-state index contributed by atoms with van der Waals surface area (Å²) < 4.78 is 12.3. The fourth-order valence-corrected chi connectivity index (χ4v) is 5.20. The highest BCUT2D eigenvalue weighted by Gasteiger charge is 2.39. The van der Waals surface area contributed by atoms with Crippen molar-refractivity contribution in [3.05, 3.63) is 29.3 Å². The first-order chi connectivity index (χ1) is 17.0. The number of imide groups is 1. The standard InChI is InChI=1S/C27H39N3O5/c1-3-5-15-34-27(35-16-6-4-2)19-11-13-29(14-12-19)21-7-8-22-20(17-21)18-30(26(22)33)23-9-10-24(31)28-25(23)32/h7-8,17,19,23,27H,3-6,9-16,18H2,1-2H3,(H,28,31,32)/t23-/m1/s1. The van der Waals surface area contributed by atoms with Crippen LogP contribution in [-0.4, -0.2) is 61.3 Å². The molecule has 1 N–H and O–H groups in total. The average Bonchev–Trinajstić information content (AvgIpc) is 3.19. The molecule has 3 aliphatic rings. The van der Waals surface area contributed by atoms with Crippen molar-refractivity contribution in [2.45, 2.75) is 84.1 Å². The Labute approximate surface area is 208 Å². The van der Waals surface area contributed by atoms with Gasteiger partial charge in [-0.1, -0.05) is 26.7 Å². The molecule has 0 bridgehead atoms. The van der Waals surface area contributed by atoms with E-state index in [2.05, 4.69) is 30.1 Å². The van der Waals surface area contributed by atoms with Gasteiger partial charge in [0.1, 0.15) is 6.04 Å². The molecule has 0 aromatic heterocycles. The number of anilines is 1. The largest absolute Gasteiger partial charge is 0.372 e. The van der Waals surface area contributed by atoms with E-state index in [4.69, 9.17) is 9.47 Å². The molecule has 35 heavy (non-hydrogen) atoms. The number of nitrogens with zero attached hydrogens (tertiary/aromatic N) is 2. The minimum absolute atomic E-state index is 0.129. The Balaban J connectivity index is 1.36. The number of nitrogens with one attached hydrogen (secondary N) is 1. The second kappa shape index (κ2) is 12.0. The van der Waals surface area contributed by atoms with Gasteiger partial charge in [0.15, 0.2) is 6.29 Å². The summed E-state index contributed by atoms with van der Waals surface area (Å²) in [6, 6.07) is 5.41. The maximum Gasteiger partial charge on any atom is 0.255 e. The Hall–Kier alpha value is -2.45. The van der Waals surface area contributed by atoms with Gasteiger partial charge in [-0.2, -0.15) is 0 Å². The van der Waals surface area contributed by atoms with Gasteiger partial charge in [-0.15, -0.1) is 0 Å². The Morgan fingerprint density at radius 2 is 1.69 bits per heavy atom. The van der Waals surface area contributed by atoms with Gasteiger partial charge in [-0.3, -0.25) is 19.7 Å². The van der Waals surface area contributed by atoms with Crippen molar-refractivity contribution in [2.24, 2.45) is 5.92 Å². The van der Waals surface area contributed by atoms with E-state index in [0.29, 0.717) is 24.4 Å². The van der Waals surface area contributed by atoms with Crippen LogP contribution in [0.15, 0.2) is 18.2 Å².